The van der Waals surface area contributed by atoms with Crippen molar-refractivity contribution in [1.82, 2.24) is 15.1 Å². The zero-order valence-electron chi connectivity index (χ0n) is 10.2. The van der Waals surface area contributed by atoms with Gasteiger partial charge in [0, 0.05) is 32.2 Å². The van der Waals surface area contributed by atoms with Crippen molar-refractivity contribution in [3.8, 4) is 0 Å². The fourth-order valence-corrected chi connectivity index (χ4v) is 2.18. The van der Waals surface area contributed by atoms with Crippen LogP contribution in [-0.2, 0) is 0 Å². The number of hydrogen-bond acceptors (Lipinski definition) is 3. The van der Waals surface area contributed by atoms with Gasteiger partial charge < -0.3 is 10.2 Å². The molecule has 1 rings (SSSR count). The Hall–Kier alpha value is -0.380. The van der Waals surface area contributed by atoms with Crippen LogP contribution in [0.15, 0.2) is 12.7 Å². The maximum atomic E-state index is 3.70. The van der Waals surface area contributed by atoms with Crippen molar-refractivity contribution in [3.63, 3.8) is 0 Å². The molecule has 1 saturated heterocycles. The Balaban J connectivity index is 2.23. The lowest BCUT2D eigenvalue weighted by Gasteiger charge is -2.27. The summed E-state index contributed by atoms with van der Waals surface area (Å²) >= 11 is 0. The van der Waals surface area contributed by atoms with Gasteiger partial charge in [0.05, 0.1) is 0 Å². The van der Waals surface area contributed by atoms with Crippen molar-refractivity contribution in [2.75, 3.05) is 46.3 Å². The molecule has 1 aliphatic heterocycles. The molecule has 1 heterocycles. The average Bonchev–Trinajstić information content (AvgIpc) is 2.35. The summed E-state index contributed by atoms with van der Waals surface area (Å²) in [5.41, 5.74) is 0. The summed E-state index contributed by atoms with van der Waals surface area (Å²) in [6, 6.07) is 0.683. The second-order valence-electron chi connectivity index (χ2n) is 4.49. The third-order valence-corrected chi connectivity index (χ3v) is 3.05. The molecule has 0 amide bonds. The van der Waals surface area contributed by atoms with Crippen LogP contribution in [0.1, 0.15) is 13.3 Å². The molecular formula is C12H25N3. The van der Waals surface area contributed by atoms with E-state index in [-0.39, 0.29) is 0 Å². The van der Waals surface area contributed by atoms with Crippen LogP contribution in [0.5, 0.6) is 0 Å². The zero-order valence-corrected chi connectivity index (χ0v) is 10.2. The Kier molecular flexibility index (Phi) is 5.91. The van der Waals surface area contributed by atoms with Gasteiger partial charge in [0.15, 0.2) is 0 Å². The van der Waals surface area contributed by atoms with Crippen LogP contribution in [-0.4, -0.2) is 62.2 Å². The molecule has 15 heavy (non-hydrogen) atoms. The molecule has 0 aliphatic carbocycles. The van der Waals surface area contributed by atoms with Gasteiger partial charge in [0.25, 0.3) is 0 Å². The van der Waals surface area contributed by atoms with E-state index < -0.39 is 0 Å². The van der Waals surface area contributed by atoms with Gasteiger partial charge in [-0.15, -0.1) is 6.58 Å². The lowest BCUT2D eigenvalue weighted by atomic mass is 10.2. The highest BCUT2D eigenvalue weighted by Crippen LogP contribution is 2.07. The SMILES string of the molecule is C=CCNCCN1CCCN(C)CC1C. The smallest absolute Gasteiger partial charge is 0.0195 e. The van der Waals surface area contributed by atoms with Gasteiger partial charge in [-0.1, -0.05) is 6.08 Å². The van der Waals surface area contributed by atoms with Gasteiger partial charge in [-0.3, -0.25) is 4.90 Å². The van der Waals surface area contributed by atoms with Crippen LogP contribution in [0.2, 0.25) is 0 Å². The quantitative estimate of drug-likeness (QED) is 0.536. The molecular weight excluding hydrogens is 186 g/mol. The molecule has 1 atom stereocenters. The van der Waals surface area contributed by atoms with Gasteiger partial charge in [-0.05, 0) is 33.5 Å². The van der Waals surface area contributed by atoms with Gasteiger partial charge in [-0.25, -0.2) is 0 Å². The summed E-state index contributed by atoms with van der Waals surface area (Å²) in [5.74, 6) is 0. The van der Waals surface area contributed by atoms with Crippen molar-refractivity contribution in [3.05, 3.63) is 12.7 Å². The second-order valence-corrected chi connectivity index (χ2v) is 4.49. The molecule has 0 bridgehead atoms. The fourth-order valence-electron chi connectivity index (χ4n) is 2.18. The Morgan fingerprint density at radius 3 is 3.00 bits per heavy atom. The van der Waals surface area contributed by atoms with Crippen LogP contribution >= 0.6 is 0 Å². The molecule has 0 aromatic carbocycles. The van der Waals surface area contributed by atoms with E-state index in [0.717, 1.165) is 19.6 Å². The van der Waals surface area contributed by atoms with Gasteiger partial charge in [-0.2, -0.15) is 0 Å². The van der Waals surface area contributed by atoms with E-state index in [9.17, 15) is 0 Å². The topological polar surface area (TPSA) is 18.5 Å². The van der Waals surface area contributed by atoms with Gasteiger partial charge in [0.1, 0.15) is 0 Å². The molecule has 0 radical (unpaired) electrons. The first-order chi connectivity index (χ1) is 7.24. The highest BCUT2D eigenvalue weighted by Gasteiger charge is 2.18. The van der Waals surface area contributed by atoms with E-state index in [1.54, 1.807) is 0 Å². The maximum Gasteiger partial charge on any atom is 0.0195 e. The summed E-state index contributed by atoms with van der Waals surface area (Å²) in [7, 11) is 2.22. The van der Waals surface area contributed by atoms with Crippen LogP contribution in [0.25, 0.3) is 0 Å². The summed E-state index contributed by atoms with van der Waals surface area (Å²) in [6.07, 6.45) is 3.21. The van der Waals surface area contributed by atoms with E-state index in [1.807, 2.05) is 6.08 Å². The standard InChI is InChI=1S/C12H25N3/c1-4-6-13-7-10-15-9-5-8-14(3)11-12(15)2/h4,12-13H,1,5-11H2,2-3H3. The summed E-state index contributed by atoms with van der Waals surface area (Å²) < 4.78 is 0. The highest BCUT2D eigenvalue weighted by atomic mass is 15.2. The molecule has 0 spiro atoms. The average molecular weight is 211 g/mol. The van der Waals surface area contributed by atoms with Crippen LogP contribution in [0, 0.1) is 0 Å². The number of hydrogen-bond donors (Lipinski definition) is 1. The number of nitrogens with one attached hydrogen (secondary N) is 1. The van der Waals surface area contributed by atoms with E-state index >= 15 is 0 Å². The van der Waals surface area contributed by atoms with Crippen molar-refractivity contribution in [2.45, 2.75) is 19.4 Å². The van der Waals surface area contributed by atoms with E-state index in [0.29, 0.717) is 6.04 Å². The Bertz CT molecular complexity index is 182. The molecule has 1 unspecified atom stereocenters. The summed E-state index contributed by atoms with van der Waals surface area (Å²) in [5, 5.41) is 3.36. The van der Waals surface area contributed by atoms with Crippen molar-refractivity contribution < 1.29 is 0 Å². The van der Waals surface area contributed by atoms with Crippen molar-refractivity contribution >= 4 is 0 Å². The fraction of sp³-hybridized carbons (Fsp3) is 0.833. The van der Waals surface area contributed by atoms with Gasteiger partial charge in [0.2, 0.25) is 0 Å². The summed E-state index contributed by atoms with van der Waals surface area (Å²) in [4.78, 5) is 5.02. The molecule has 0 aromatic heterocycles. The molecule has 1 fully saturated rings. The first kappa shape index (κ1) is 12.7. The van der Waals surface area contributed by atoms with Crippen LogP contribution in [0.3, 0.4) is 0 Å². The van der Waals surface area contributed by atoms with Crippen LogP contribution < -0.4 is 5.32 Å². The maximum absolute atomic E-state index is 3.70. The first-order valence-corrected chi connectivity index (χ1v) is 5.98. The molecule has 1 aliphatic rings. The molecule has 3 heteroatoms. The highest BCUT2D eigenvalue weighted by molar-refractivity contribution is 4.76. The largest absolute Gasteiger partial charge is 0.312 e. The third-order valence-electron chi connectivity index (χ3n) is 3.05. The van der Waals surface area contributed by atoms with Gasteiger partial charge >= 0.3 is 0 Å². The molecule has 88 valence electrons. The lowest BCUT2D eigenvalue weighted by molar-refractivity contribution is 0.203. The van der Waals surface area contributed by atoms with E-state index in [2.05, 4.69) is 35.7 Å². The molecule has 0 aromatic rings. The van der Waals surface area contributed by atoms with Crippen molar-refractivity contribution in [2.24, 2.45) is 0 Å². The molecule has 1 N–H and O–H groups in total. The number of rotatable bonds is 5. The minimum absolute atomic E-state index is 0.683. The zero-order chi connectivity index (χ0) is 11.1. The Labute approximate surface area is 94.1 Å². The predicted octanol–water partition coefficient (Wildman–Crippen LogP) is 0.788. The lowest BCUT2D eigenvalue weighted by Crippen LogP contribution is -2.41. The molecule has 3 nitrogen and oxygen atoms in total. The summed E-state index contributed by atoms with van der Waals surface area (Å²) in [6.45, 7) is 12.8. The normalized spacial score (nSPS) is 25.1. The van der Waals surface area contributed by atoms with Crippen LogP contribution in [0.4, 0.5) is 0 Å². The minimum atomic E-state index is 0.683. The Morgan fingerprint density at radius 1 is 1.47 bits per heavy atom. The monoisotopic (exact) mass is 211 g/mol. The molecule has 0 saturated carbocycles. The van der Waals surface area contributed by atoms with E-state index in [1.165, 1.54) is 26.1 Å². The third kappa shape index (κ3) is 4.78. The number of nitrogens with zero attached hydrogens (tertiary/aromatic N) is 2. The minimum Gasteiger partial charge on any atom is -0.312 e. The van der Waals surface area contributed by atoms with E-state index in [4.69, 9.17) is 0 Å². The van der Waals surface area contributed by atoms with Crippen molar-refractivity contribution in [1.29, 1.82) is 0 Å². The second kappa shape index (κ2) is 6.99. The predicted molar refractivity (Wildman–Crippen MR) is 66.2 cm³/mol. The first-order valence-electron chi connectivity index (χ1n) is 5.98. The number of likely N-dealkylation sites (N-methyl/N-ethyl adjacent to an activating group) is 1. The Morgan fingerprint density at radius 2 is 2.27 bits per heavy atom.